The van der Waals surface area contributed by atoms with E-state index in [0.29, 0.717) is 22.8 Å². The molecule has 5 N–H and O–H groups in total. The highest BCUT2D eigenvalue weighted by atomic mass is 32.2. The third-order valence-electron chi connectivity index (χ3n) is 6.62. The number of ether oxygens (including phenoxy) is 1. The first-order chi connectivity index (χ1) is 20.2. The molecule has 0 atom stereocenters. The summed E-state index contributed by atoms with van der Waals surface area (Å²) in [5.41, 5.74) is 1.45. The monoisotopic (exact) mass is 632 g/mol. The van der Waals surface area contributed by atoms with Crippen molar-refractivity contribution in [2.45, 2.75) is 23.6 Å². The number of hydrogen-bond donors (Lipinski definition) is 4. The molecule has 10 nitrogen and oxygen atoms in total. The second kappa shape index (κ2) is 12.2. The predicted octanol–water partition coefficient (Wildman–Crippen LogP) is 4.78. The Hall–Kier alpha value is -4.13. The number of sulfonamides is 1. The minimum Gasteiger partial charge on any atom is -0.507 e. The summed E-state index contributed by atoms with van der Waals surface area (Å²) < 4.78 is 74.4. The van der Waals surface area contributed by atoms with E-state index >= 15 is 0 Å². The Labute approximate surface area is 246 Å². The molecule has 0 radical (unpaired) electrons. The first-order valence-corrected chi connectivity index (χ1v) is 15.6. The largest absolute Gasteiger partial charge is 0.507 e. The molecule has 0 saturated carbocycles. The van der Waals surface area contributed by atoms with Gasteiger partial charge in [0.05, 0.1) is 12.7 Å². The fourth-order valence-electron chi connectivity index (χ4n) is 4.46. The van der Waals surface area contributed by atoms with Gasteiger partial charge in [0, 0.05) is 18.7 Å². The zero-order valence-electron chi connectivity index (χ0n) is 22.6. The summed E-state index contributed by atoms with van der Waals surface area (Å²) in [5, 5.41) is 10.3. The summed E-state index contributed by atoms with van der Waals surface area (Å²) in [6.07, 6.45) is 0. The Morgan fingerprint density at radius 2 is 1.63 bits per heavy atom. The number of aromatic hydroxyl groups is 1. The second-order valence-corrected chi connectivity index (χ2v) is 13.0. The van der Waals surface area contributed by atoms with Gasteiger partial charge in [-0.25, -0.2) is 8.42 Å². The zero-order valence-corrected chi connectivity index (χ0v) is 24.3. The smallest absolute Gasteiger partial charge is 0.399 e. The molecular weight excluding hydrogens is 605 g/mol. The fourth-order valence-corrected chi connectivity index (χ4v) is 6.52. The fraction of sp³-hybridized carbons (Fsp3) is 0.138. The number of phenolic OH excluding ortho intramolecular Hbond substituents is 1. The molecule has 43 heavy (non-hydrogen) atoms. The van der Waals surface area contributed by atoms with E-state index in [4.69, 9.17) is 20.3 Å². The van der Waals surface area contributed by atoms with E-state index in [2.05, 4.69) is 0 Å². The van der Waals surface area contributed by atoms with Crippen LogP contribution < -0.4 is 10.5 Å². The Bertz CT molecular complexity index is 1830. The van der Waals surface area contributed by atoms with E-state index in [1.54, 1.807) is 54.6 Å². The van der Waals surface area contributed by atoms with Crippen molar-refractivity contribution >= 4 is 23.5 Å². The molecular formula is C29H27F2N2O8PS. The average Bonchev–Trinajstić information content (AvgIpc) is 2.96. The van der Waals surface area contributed by atoms with Crippen LogP contribution in [0.5, 0.6) is 11.5 Å². The molecule has 226 valence electrons. The molecule has 4 rings (SSSR count). The van der Waals surface area contributed by atoms with Crippen LogP contribution in [0.15, 0.2) is 95.9 Å². The van der Waals surface area contributed by atoms with Crippen LogP contribution in [-0.2, 0) is 33.3 Å². The van der Waals surface area contributed by atoms with E-state index in [9.17, 15) is 31.7 Å². The maximum atomic E-state index is 14.3. The lowest BCUT2D eigenvalue weighted by Crippen LogP contribution is -2.31. The predicted molar refractivity (Wildman–Crippen MR) is 154 cm³/mol. The zero-order chi connectivity index (χ0) is 31.6. The quantitative estimate of drug-likeness (QED) is 0.171. The molecule has 0 saturated heterocycles. The first kappa shape index (κ1) is 31.8. The summed E-state index contributed by atoms with van der Waals surface area (Å²) >= 11 is 0. The van der Waals surface area contributed by atoms with Crippen molar-refractivity contribution in [3.8, 4) is 22.6 Å². The molecule has 0 aliphatic heterocycles. The Balaban J connectivity index is 1.82. The number of hydrogen-bond acceptors (Lipinski definition) is 6. The molecule has 14 heteroatoms. The Morgan fingerprint density at radius 1 is 0.953 bits per heavy atom. The highest BCUT2D eigenvalue weighted by Crippen LogP contribution is 2.60. The molecule has 0 aliphatic rings. The van der Waals surface area contributed by atoms with E-state index in [1.165, 1.54) is 25.3 Å². The molecule has 0 unspecified atom stereocenters. The highest BCUT2D eigenvalue weighted by Gasteiger charge is 2.52. The number of halogens is 2. The van der Waals surface area contributed by atoms with Crippen molar-refractivity contribution in [1.82, 2.24) is 4.31 Å². The average molecular weight is 633 g/mol. The van der Waals surface area contributed by atoms with E-state index in [-0.39, 0.29) is 28.3 Å². The van der Waals surface area contributed by atoms with Gasteiger partial charge < -0.3 is 25.4 Å². The third-order valence-corrected chi connectivity index (χ3v) is 9.42. The number of alkyl halides is 2. The SMILES string of the molecule is COc1ccccc1S(=O)(=O)N(Cc1ccc(C(F)(F)P(=O)(O)O)c(O)c1)Cc1ccccc1-c1cccc(C(N)=O)c1. The lowest BCUT2D eigenvalue weighted by atomic mass is 9.98. The van der Waals surface area contributed by atoms with Crippen LogP contribution in [0.3, 0.4) is 0 Å². The molecule has 0 fully saturated rings. The van der Waals surface area contributed by atoms with Crippen LogP contribution in [0.2, 0.25) is 0 Å². The number of amides is 1. The molecule has 0 spiro atoms. The normalized spacial score (nSPS) is 12.3. The second-order valence-electron chi connectivity index (χ2n) is 9.46. The van der Waals surface area contributed by atoms with Gasteiger partial charge in [0.25, 0.3) is 0 Å². The van der Waals surface area contributed by atoms with Gasteiger partial charge in [-0.1, -0.05) is 54.6 Å². The molecule has 4 aromatic rings. The van der Waals surface area contributed by atoms with Crippen molar-refractivity contribution in [2.75, 3.05) is 7.11 Å². The van der Waals surface area contributed by atoms with Crippen LogP contribution in [0, 0.1) is 0 Å². The number of nitrogens with zero attached hydrogens (tertiary/aromatic N) is 1. The number of benzene rings is 4. The van der Waals surface area contributed by atoms with Gasteiger partial charge in [-0.3, -0.25) is 9.36 Å². The van der Waals surface area contributed by atoms with Gasteiger partial charge in [-0.2, -0.15) is 13.1 Å². The molecule has 0 aliphatic carbocycles. The van der Waals surface area contributed by atoms with Crippen LogP contribution in [0.4, 0.5) is 8.78 Å². The minimum atomic E-state index is -5.97. The molecule has 4 aromatic carbocycles. The van der Waals surface area contributed by atoms with Gasteiger partial charge in [-0.15, -0.1) is 0 Å². The van der Waals surface area contributed by atoms with Gasteiger partial charge in [-0.05, 0) is 58.7 Å². The van der Waals surface area contributed by atoms with Crippen LogP contribution in [0.25, 0.3) is 11.1 Å². The molecule has 0 bridgehead atoms. The maximum Gasteiger partial charge on any atom is 0.399 e. The summed E-state index contributed by atoms with van der Waals surface area (Å²) in [6, 6.07) is 21.7. The summed E-state index contributed by atoms with van der Waals surface area (Å²) in [6.45, 7) is -0.691. The van der Waals surface area contributed by atoms with Gasteiger partial charge in [0.1, 0.15) is 16.4 Å². The van der Waals surface area contributed by atoms with Crippen molar-refractivity contribution in [1.29, 1.82) is 0 Å². The van der Waals surface area contributed by atoms with Crippen molar-refractivity contribution in [2.24, 2.45) is 5.73 Å². The van der Waals surface area contributed by atoms with Crippen LogP contribution in [-0.4, -0.2) is 40.6 Å². The van der Waals surface area contributed by atoms with E-state index in [1.807, 2.05) is 0 Å². The van der Waals surface area contributed by atoms with Gasteiger partial charge in [0.2, 0.25) is 15.9 Å². The van der Waals surface area contributed by atoms with Crippen LogP contribution >= 0.6 is 7.60 Å². The standard InChI is InChI=1S/C29H27F2N2O8PS/c1-41-26-11-4-5-12-27(26)43(39,40)33(17-19-13-14-24(25(34)15-19)29(30,31)42(36,37)38)18-22-7-2-3-10-23(22)20-8-6-9-21(16-20)28(32)35/h2-16,34H,17-18H2,1H3,(H2,32,35)(H2,36,37,38). The maximum absolute atomic E-state index is 14.3. The van der Waals surface area contributed by atoms with Gasteiger partial charge in [0.15, 0.2) is 0 Å². The van der Waals surface area contributed by atoms with Crippen molar-refractivity contribution < 1.29 is 46.2 Å². The van der Waals surface area contributed by atoms with Crippen molar-refractivity contribution in [3.05, 3.63) is 113 Å². The number of para-hydroxylation sites is 1. The summed E-state index contributed by atoms with van der Waals surface area (Å²) in [7, 11) is -9.02. The number of rotatable bonds is 11. The Morgan fingerprint density at radius 3 is 2.28 bits per heavy atom. The number of carbonyl (C=O) groups excluding carboxylic acids is 1. The highest BCUT2D eigenvalue weighted by molar-refractivity contribution is 7.89. The summed E-state index contributed by atoms with van der Waals surface area (Å²) in [4.78, 5) is 29.8. The topological polar surface area (TPSA) is 167 Å². The van der Waals surface area contributed by atoms with Gasteiger partial charge >= 0.3 is 13.3 Å². The summed E-state index contributed by atoms with van der Waals surface area (Å²) in [5.74, 6) is -1.72. The lowest BCUT2D eigenvalue weighted by molar-refractivity contribution is 0.0539. The Kier molecular flexibility index (Phi) is 9.05. The number of carbonyl (C=O) groups is 1. The number of methoxy groups -OCH3 is 1. The first-order valence-electron chi connectivity index (χ1n) is 12.5. The number of primary amides is 1. The molecule has 0 aromatic heterocycles. The van der Waals surface area contributed by atoms with Crippen molar-refractivity contribution in [3.63, 3.8) is 0 Å². The van der Waals surface area contributed by atoms with E-state index in [0.717, 1.165) is 16.4 Å². The molecule has 1 amide bonds. The number of nitrogens with two attached hydrogens (primary N) is 1. The van der Waals surface area contributed by atoms with Crippen LogP contribution in [0.1, 0.15) is 27.0 Å². The van der Waals surface area contributed by atoms with E-state index < -0.39 is 47.0 Å². The minimum absolute atomic E-state index is 0.0504. The third kappa shape index (κ3) is 6.61. The number of phenols is 1. The lowest BCUT2D eigenvalue weighted by Gasteiger charge is -2.25. The molecule has 0 heterocycles.